The highest BCUT2D eigenvalue weighted by Crippen LogP contribution is 2.40. The molecule has 19 heavy (non-hydrogen) atoms. The maximum absolute atomic E-state index is 5.48. The summed E-state index contributed by atoms with van der Waals surface area (Å²) in [5.41, 5.74) is 1.14. The number of benzene rings is 1. The van der Waals surface area contributed by atoms with Gasteiger partial charge in [0.15, 0.2) is 11.5 Å². The van der Waals surface area contributed by atoms with E-state index in [-0.39, 0.29) is 0 Å². The van der Waals surface area contributed by atoms with Crippen LogP contribution < -0.4 is 19.5 Å². The molecule has 0 amide bonds. The first-order valence-corrected chi connectivity index (χ1v) is 6.69. The van der Waals surface area contributed by atoms with Gasteiger partial charge in [0.2, 0.25) is 5.75 Å². The van der Waals surface area contributed by atoms with Gasteiger partial charge < -0.3 is 19.5 Å². The zero-order valence-corrected chi connectivity index (χ0v) is 12.6. The maximum atomic E-state index is 5.48. The summed E-state index contributed by atoms with van der Waals surface area (Å²) in [7, 11) is 4.92. The van der Waals surface area contributed by atoms with Crippen molar-refractivity contribution in [1.29, 1.82) is 0 Å². The molecule has 0 radical (unpaired) electrons. The second kappa shape index (κ2) is 7.89. The van der Waals surface area contributed by atoms with Crippen molar-refractivity contribution in [2.45, 2.75) is 32.7 Å². The van der Waals surface area contributed by atoms with Gasteiger partial charge in [0.25, 0.3) is 0 Å². The normalized spacial score (nSPS) is 12.1. The standard InChI is InChI=1S/C15H25NO3/c1-6-16-11(2)7-8-12-9-10-13(17-3)15(19-5)14(12)18-4/h9-11,16H,6-8H2,1-5H3. The van der Waals surface area contributed by atoms with Crippen LogP contribution in [0, 0.1) is 0 Å². The van der Waals surface area contributed by atoms with Gasteiger partial charge in [-0.25, -0.2) is 0 Å². The number of aryl methyl sites for hydroxylation is 1. The summed E-state index contributed by atoms with van der Waals surface area (Å²) in [5, 5.41) is 3.41. The van der Waals surface area contributed by atoms with Crippen LogP contribution in [0.3, 0.4) is 0 Å². The molecule has 0 saturated carbocycles. The van der Waals surface area contributed by atoms with Crippen molar-refractivity contribution in [2.75, 3.05) is 27.9 Å². The van der Waals surface area contributed by atoms with E-state index in [4.69, 9.17) is 14.2 Å². The van der Waals surface area contributed by atoms with Crippen LogP contribution in [-0.2, 0) is 6.42 Å². The number of nitrogens with one attached hydrogen (secondary N) is 1. The number of ether oxygens (including phenoxy) is 3. The number of rotatable bonds is 8. The first-order valence-electron chi connectivity index (χ1n) is 6.69. The molecule has 0 bridgehead atoms. The smallest absolute Gasteiger partial charge is 0.203 e. The van der Waals surface area contributed by atoms with Crippen LogP contribution in [0.4, 0.5) is 0 Å². The van der Waals surface area contributed by atoms with Gasteiger partial charge in [0, 0.05) is 6.04 Å². The molecule has 0 spiro atoms. The van der Waals surface area contributed by atoms with E-state index in [1.54, 1.807) is 21.3 Å². The van der Waals surface area contributed by atoms with E-state index in [1.165, 1.54) is 0 Å². The third-order valence-electron chi connectivity index (χ3n) is 3.18. The van der Waals surface area contributed by atoms with Gasteiger partial charge in [-0.15, -0.1) is 0 Å². The Morgan fingerprint density at radius 3 is 2.26 bits per heavy atom. The lowest BCUT2D eigenvalue weighted by atomic mass is 10.0. The lowest BCUT2D eigenvalue weighted by molar-refractivity contribution is 0.321. The summed E-state index contributed by atoms with van der Waals surface area (Å²) in [6.45, 7) is 5.30. The minimum Gasteiger partial charge on any atom is -0.493 e. The summed E-state index contributed by atoms with van der Waals surface area (Å²) in [4.78, 5) is 0. The van der Waals surface area contributed by atoms with Gasteiger partial charge >= 0.3 is 0 Å². The minimum absolute atomic E-state index is 0.489. The largest absolute Gasteiger partial charge is 0.493 e. The Morgan fingerprint density at radius 2 is 1.74 bits per heavy atom. The third-order valence-corrected chi connectivity index (χ3v) is 3.18. The van der Waals surface area contributed by atoms with Crippen molar-refractivity contribution in [2.24, 2.45) is 0 Å². The molecule has 4 nitrogen and oxygen atoms in total. The fourth-order valence-electron chi connectivity index (χ4n) is 2.18. The predicted octanol–water partition coefficient (Wildman–Crippen LogP) is 2.64. The van der Waals surface area contributed by atoms with Crippen molar-refractivity contribution >= 4 is 0 Å². The first-order chi connectivity index (χ1) is 9.17. The molecule has 108 valence electrons. The van der Waals surface area contributed by atoms with E-state index in [0.717, 1.165) is 30.7 Å². The highest BCUT2D eigenvalue weighted by Gasteiger charge is 2.15. The molecule has 1 aromatic carbocycles. The van der Waals surface area contributed by atoms with Crippen LogP contribution in [-0.4, -0.2) is 33.9 Å². The molecule has 0 aliphatic carbocycles. The van der Waals surface area contributed by atoms with Crippen LogP contribution in [0.25, 0.3) is 0 Å². The Labute approximate surface area is 116 Å². The average Bonchev–Trinajstić information content (AvgIpc) is 2.43. The second-order valence-corrected chi connectivity index (χ2v) is 4.49. The van der Waals surface area contributed by atoms with Gasteiger partial charge in [-0.05, 0) is 37.9 Å². The Kier molecular flexibility index (Phi) is 6.50. The molecule has 1 N–H and O–H groups in total. The van der Waals surface area contributed by atoms with Gasteiger partial charge in [0.1, 0.15) is 0 Å². The zero-order chi connectivity index (χ0) is 14.3. The number of hydrogen-bond donors (Lipinski definition) is 1. The highest BCUT2D eigenvalue weighted by molar-refractivity contribution is 5.55. The maximum Gasteiger partial charge on any atom is 0.203 e. The zero-order valence-electron chi connectivity index (χ0n) is 12.6. The van der Waals surface area contributed by atoms with Crippen LogP contribution in [0.2, 0.25) is 0 Å². The second-order valence-electron chi connectivity index (χ2n) is 4.49. The molecule has 0 aliphatic rings. The topological polar surface area (TPSA) is 39.7 Å². The fourth-order valence-corrected chi connectivity index (χ4v) is 2.18. The number of methoxy groups -OCH3 is 3. The predicted molar refractivity (Wildman–Crippen MR) is 77.6 cm³/mol. The Morgan fingerprint density at radius 1 is 1.05 bits per heavy atom. The number of hydrogen-bond acceptors (Lipinski definition) is 4. The lowest BCUT2D eigenvalue weighted by Gasteiger charge is -2.17. The third kappa shape index (κ3) is 4.03. The van der Waals surface area contributed by atoms with E-state index in [0.29, 0.717) is 17.5 Å². The molecule has 0 aliphatic heterocycles. The Hall–Kier alpha value is -1.42. The van der Waals surface area contributed by atoms with Crippen LogP contribution in [0.1, 0.15) is 25.8 Å². The monoisotopic (exact) mass is 267 g/mol. The fraction of sp³-hybridized carbons (Fsp3) is 0.600. The molecular formula is C15H25NO3. The molecular weight excluding hydrogens is 242 g/mol. The summed E-state index contributed by atoms with van der Waals surface area (Å²) in [6, 6.07) is 4.45. The summed E-state index contributed by atoms with van der Waals surface area (Å²) >= 11 is 0. The molecule has 1 unspecified atom stereocenters. The summed E-state index contributed by atoms with van der Waals surface area (Å²) < 4.78 is 16.1. The van der Waals surface area contributed by atoms with E-state index in [9.17, 15) is 0 Å². The summed E-state index contributed by atoms with van der Waals surface area (Å²) in [6.07, 6.45) is 2.00. The Bertz CT molecular complexity index is 393. The molecule has 0 saturated heterocycles. The van der Waals surface area contributed by atoms with Crippen molar-refractivity contribution in [3.05, 3.63) is 17.7 Å². The molecule has 0 heterocycles. The lowest BCUT2D eigenvalue weighted by Crippen LogP contribution is -2.25. The van der Waals surface area contributed by atoms with Gasteiger partial charge in [0.05, 0.1) is 21.3 Å². The minimum atomic E-state index is 0.489. The molecule has 0 aromatic heterocycles. The first kappa shape index (κ1) is 15.6. The molecule has 1 aromatic rings. The van der Waals surface area contributed by atoms with E-state index < -0.39 is 0 Å². The van der Waals surface area contributed by atoms with Gasteiger partial charge in [-0.2, -0.15) is 0 Å². The summed E-state index contributed by atoms with van der Waals surface area (Å²) in [5.74, 6) is 2.13. The van der Waals surface area contributed by atoms with Gasteiger partial charge in [-0.3, -0.25) is 0 Å². The Balaban J connectivity index is 2.89. The molecule has 1 rings (SSSR count). The van der Waals surface area contributed by atoms with Crippen LogP contribution in [0.5, 0.6) is 17.2 Å². The van der Waals surface area contributed by atoms with E-state index in [2.05, 4.69) is 19.2 Å². The van der Waals surface area contributed by atoms with Crippen molar-refractivity contribution in [1.82, 2.24) is 5.32 Å². The van der Waals surface area contributed by atoms with Crippen molar-refractivity contribution < 1.29 is 14.2 Å². The highest BCUT2D eigenvalue weighted by atomic mass is 16.5. The average molecular weight is 267 g/mol. The van der Waals surface area contributed by atoms with Crippen LogP contribution >= 0.6 is 0 Å². The SMILES string of the molecule is CCNC(C)CCc1ccc(OC)c(OC)c1OC. The van der Waals surface area contributed by atoms with Crippen molar-refractivity contribution in [3.8, 4) is 17.2 Å². The van der Waals surface area contributed by atoms with E-state index >= 15 is 0 Å². The molecule has 0 fully saturated rings. The molecule has 4 heteroatoms. The molecule has 1 atom stereocenters. The quantitative estimate of drug-likeness (QED) is 0.786. The van der Waals surface area contributed by atoms with Crippen molar-refractivity contribution in [3.63, 3.8) is 0 Å². The van der Waals surface area contributed by atoms with E-state index in [1.807, 2.05) is 12.1 Å². The van der Waals surface area contributed by atoms with Crippen LogP contribution in [0.15, 0.2) is 12.1 Å². The van der Waals surface area contributed by atoms with Gasteiger partial charge in [-0.1, -0.05) is 13.0 Å².